The smallest absolute Gasteiger partial charge is 0.423 e. The molecule has 0 saturated heterocycles. The van der Waals surface area contributed by atoms with Crippen LogP contribution in [0.2, 0.25) is 0 Å². The summed E-state index contributed by atoms with van der Waals surface area (Å²) in [7, 11) is -1.10. The first-order valence-corrected chi connectivity index (χ1v) is 6.06. The van der Waals surface area contributed by atoms with Gasteiger partial charge in [0.05, 0.1) is 11.2 Å². The highest BCUT2D eigenvalue weighted by atomic mass is 16.5. The number of aromatic nitrogens is 1. The Kier molecular flexibility index (Phi) is 4.21. The van der Waals surface area contributed by atoms with Crippen LogP contribution in [0.1, 0.15) is 39.0 Å². The first kappa shape index (κ1) is 15.2. The molecule has 0 amide bonds. The molecule has 0 aliphatic carbocycles. The standard InChI is InChI=1S/C13H22BNO3/c1-9-7-10(2)15-8-11(9)14(17)18-13(5,6)12(3,4)16/h7-8,16-17H,1-6H3. The Bertz CT molecular complexity index is 427. The fraction of sp³-hybridized carbons (Fsp3) is 0.615. The zero-order valence-electron chi connectivity index (χ0n) is 12.0. The van der Waals surface area contributed by atoms with Gasteiger partial charge in [0.15, 0.2) is 0 Å². The van der Waals surface area contributed by atoms with Crippen molar-refractivity contribution >= 4 is 12.6 Å². The van der Waals surface area contributed by atoms with Gasteiger partial charge in [-0.1, -0.05) is 0 Å². The third-order valence-electron chi connectivity index (χ3n) is 3.43. The molecule has 0 fully saturated rings. The van der Waals surface area contributed by atoms with Crippen LogP contribution in [0.5, 0.6) is 0 Å². The number of hydrogen-bond acceptors (Lipinski definition) is 4. The van der Waals surface area contributed by atoms with E-state index in [0.717, 1.165) is 11.3 Å². The van der Waals surface area contributed by atoms with Crippen molar-refractivity contribution in [3.63, 3.8) is 0 Å². The summed E-state index contributed by atoms with van der Waals surface area (Å²) in [4.78, 5) is 4.15. The molecule has 5 heteroatoms. The Morgan fingerprint density at radius 2 is 1.78 bits per heavy atom. The van der Waals surface area contributed by atoms with E-state index in [4.69, 9.17) is 4.65 Å². The van der Waals surface area contributed by atoms with Gasteiger partial charge < -0.3 is 14.8 Å². The highest BCUT2D eigenvalue weighted by Gasteiger charge is 2.39. The Morgan fingerprint density at radius 3 is 2.22 bits per heavy atom. The number of nitrogens with zero attached hydrogens (tertiary/aromatic N) is 1. The highest BCUT2D eigenvalue weighted by Crippen LogP contribution is 2.25. The van der Waals surface area contributed by atoms with E-state index in [-0.39, 0.29) is 0 Å². The summed E-state index contributed by atoms with van der Waals surface area (Å²) in [5.74, 6) is 0. The van der Waals surface area contributed by atoms with Crippen molar-refractivity contribution in [2.75, 3.05) is 0 Å². The van der Waals surface area contributed by atoms with Crippen molar-refractivity contribution in [3.05, 3.63) is 23.5 Å². The van der Waals surface area contributed by atoms with Gasteiger partial charge in [0.2, 0.25) is 0 Å². The van der Waals surface area contributed by atoms with Crippen molar-refractivity contribution < 1.29 is 14.8 Å². The minimum absolute atomic E-state index is 0.623. The maximum atomic E-state index is 10.1. The molecule has 1 heterocycles. The molecule has 1 aromatic rings. The third-order valence-corrected chi connectivity index (χ3v) is 3.43. The van der Waals surface area contributed by atoms with Gasteiger partial charge in [0, 0.05) is 17.4 Å². The Morgan fingerprint density at radius 1 is 1.22 bits per heavy atom. The van der Waals surface area contributed by atoms with Crippen LogP contribution in [0.3, 0.4) is 0 Å². The molecule has 0 radical (unpaired) electrons. The van der Waals surface area contributed by atoms with Gasteiger partial charge in [-0.2, -0.15) is 0 Å². The van der Waals surface area contributed by atoms with E-state index >= 15 is 0 Å². The van der Waals surface area contributed by atoms with Crippen LogP contribution in [0.4, 0.5) is 0 Å². The molecule has 0 aromatic carbocycles. The molecule has 0 atom stereocenters. The molecule has 1 aromatic heterocycles. The average molecular weight is 251 g/mol. The van der Waals surface area contributed by atoms with E-state index in [9.17, 15) is 10.1 Å². The second-order valence-electron chi connectivity index (χ2n) is 5.72. The van der Waals surface area contributed by atoms with Crippen molar-refractivity contribution in [2.45, 2.75) is 52.7 Å². The maximum absolute atomic E-state index is 10.1. The number of hydrogen-bond donors (Lipinski definition) is 2. The monoisotopic (exact) mass is 251 g/mol. The van der Waals surface area contributed by atoms with Gasteiger partial charge in [-0.25, -0.2) is 0 Å². The Hall–Kier alpha value is -0.905. The second-order valence-corrected chi connectivity index (χ2v) is 5.72. The minimum Gasteiger partial charge on any atom is -0.423 e. The lowest BCUT2D eigenvalue weighted by atomic mass is 9.75. The quantitative estimate of drug-likeness (QED) is 0.782. The van der Waals surface area contributed by atoms with Crippen LogP contribution in [0.25, 0.3) is 0 Å². The van der Waals surface area contributed by atoms with E-state index < -0.39 is 18.3 Å². The summed E-state index contributed by atoms with van der Waals surface area (Å²) in [5, 5.41) is 20.1. The minimum atomic E-state index is -1.10. The van der Waals surface area contributed by atoms with E-state index in [2.05, 4.69) is 4.98 Å². The molecule has 4 nitrogen and oxygen atoms in total. The molecule has 0 spiro atoms. The fourth-order valence-electron chi connectivity index (χ4n) is 1.45. The molecule has 0 aliphatic rings. The summed E-state index contributed by atoms with van der Waals surface area (Å²) < 4.78 is 5.57. The number of aliphatic hydroxyl groups is 1. The molecule has 0 saturated carbocycles. The summed E-state index contributed by atoms with van der Waals surface area (Å²) in [6.07, 6.45) is 1.61. The van der Waals surface area contributed by atoms with E-state index in [1.807, 2.05) is 19.9 Å². The topological polar surface area (TPSA) is 62.6 Å². The first-order chi connectivity index (χ1) is 8.04. The lowest BCUT2D eigenvalue weighted by Crippen LogP contribution is -2.53. The van der Waals surface area contributed by atoms with Gasteiger partial charge in [-0.3, -0.25) is 4.98 Å². The normalized spacial score (nSPS) is 12.7. The van der Waals surface area contributed by atoms with Gasteiger partial charge in [0.1, 0.15) is 0 Å². The molecule has 0 unspecified atom stereocenters. The molecular weight excluding hydrogens is 229 g/mol. The Balaban J connectivity index is 2.92. The van der Waals surface area contributed by atoms with E-state index in [0.29, 0.717) is 5.46 Å². The molecule has 1 rings (SSSR count). The predicted molar refractivity (Wildman–Crippen MR) is 72.8 cm³/mol. The SMILES string of the molecule is Cc1cc(C)c(B(O)OC(C)(C)C(C)(C)O)cn1. The summed E-state index contributed by atoms with van der Waals surface area (Å²) in [6.45, 7) is 10.6. The average Bonchev–Trinajstić information content (AvgIpc) is 2.14. The van der Waals surface area contributed by atoms with Gasteiger partial charge >= 0.3 is 7.12 Å². The van der Waals surface area contributed by atoms with Crippen LogP contribution in [0, 0.1) is 13.8 Å². The van der Waals surface area contributed by atoms with Crippen LogP contribution in [-0.4, -0.2) is 33.4 Å². The molecule has 0 aliphatic heterocycles. The predicted octanol–water partition coefficient (Wildman–Crippen LogP) is 0.952. The van der Waals surface area contributed by atoms with Crippen molar-refractivity contribution in [3.8, 4) is 0 Å². The zero-order valence-corrected chi connectivity index (χ0v) is 12.0. The van der Waals surface area contributed by atoms with Crippen LogP contribution < -0.4 is 5.46 Å². The third kappa shape index (κ3) is 3.31. The second kappa shape index (κ2) is 5.00. The summed E-state index contributed by atoms with van der Waals surface area (Å²) in [6, 6.07) is 1.89. The van der Waals surface area contributed by atoms with E-state index in [1.165, 1.54) is 0 Å². The molecular formula is C13H22BNO3. The lowest BCUT2D eigenvalue weighted by molar-refractivity contribution is -0.0982. The largest absolute Gasteiger partial charge is 0.493 e. The van der Waals surface area contributed by atoms with Crippen LogP contribution in [-0.2, 0) is 4.65 Å². The summed E-state index contributed by atoms with van der Waals surface area (Å²) in [5.41, 5.74) is 0.508. The summed E-state index contributed by atoms with van der Waals surface area (Å²) >= 11 is 0. The van der Waals surface area contributed by atoms with Crippen molar-refractivity contribution in [2.24, 2.45) is 0 Å². The van der Waals surface area contributed by atoms with Crippen molar-refractivity contribution in [1.29, 1.82) is 0 Å². The Labute approximate surface area is 109 Å². The number of aryl methyl sites for hydroxylation is 2. The highest BCUT2D eigenvalue weighted by molar-refractivity contribution is 6.60. The van der Waals surface area contributed by atoms with Gasteiger partial charge in [0.25, 0.3) is 0 Å². The van der Waals surface area contributed by atoms with Gasteiger partial charge in [-0.15, -0.1) is 0 Å². The van der Waals surface area contributed by atoms with Crippen LogP contribution >= 0.6 is 0 Å². The molecule has 18 heavy (non-hydrogen) atoms. The van der Waals surface area contributed by atoms with Gasteiger partial charge in [-0.05, 0) is 53.2 Å². The van der Waals surface area contributed by atoms with Crippen molar-refractivity contribution in [1.82, 2.24) is 4.98 Å². The maximum Gasteiger partial charge on any atom is 0.493 e. The fourth-order valence-corrected chi connectivity index (χ4v) is 1.45. The zero-order chi connectivity index (χ0) is 14.1. The first-order valence-electron chi connectivity index (χ1n) is 6.06. The van der Waals surface area contributed by atoms with E-state index in [1.54, 1.807) is 33.9 Å². The molecule has 2 N–H and O–H groups in total. The lowest BCUT2D eigenvalue weighted by Gasteiger charge is -2.38. The molecule has 0 bridgehead atoms. The number of rotatable bonds is 4. The van der Waals surface area contributed by atoms with Crippen LogP contribution in [0.15, 0.2) is 12.3 Å². The number of pyridine rings is 1. The molecule has 100 valence electrons.